The van der Waals surface area contributed by atoms with Gasteiger partial charge in [0.25, 0.3) is 0 Å². The zero-order valence-corrected chi connectivity index (χ0v) is 18.4. The summed E-state index contributed by atoms with van der Waals surface area (Å²) in [6, 6.07) is 6.00. The van der Waals surface area contributed by atoms with Crippen LogP contribution in [0.5, 0.6) is 0 Å². The van der Waals surface area contributed by atoms with Crippen molar-refractivity contribution in [2.75, 3.05) is 13.1 Å². The first-order chi connectivity index (χ1) is 15.3. The van der Waals surface area contributed by atoms with Crippen molar-refractivity contribution in [3.8, 4) is 11.1 Å². The minimum atomic E-state index is -0.527. The number of amides is 1. The van der Waals surface area contributed by atoms with Crippen LogP contribution in [0.1, 0.15) is 39.7 Å². The topological polar surface area (TPSA) is 109 Å². The third-order valence-electron chi connectivity index (χ3n) is 5.85. The molecule has 32 heavy (non-hydrogen) atoms. The van der Waals surface area contributed by atoms with Crippen LogP contribution in [0.15, 0.2) is 41.6 Å². The molecule has 0 radical (unpaired) electrons. The molecule has 1 aliphatic rings. The molecule has 166 valence electrons. The number of pyridine rings is 1. The van der Waals surface area contributed by atoms with Crippen molar-refractivity contribution in [1.29, 1.82) is 0 Å². The van der Waals surface area contributed by atoms with E-state index in [0.29, 0.717) is 31.4 Å². The van der Waals surface area contributed by atoms with E-state index in [0.717, 1.165) is 27.5 Å². The number of carbonyl (C=O) groups excluding carboxylic acids is 1. The summed E-state index contributed by atoms with van der Waals surface area (Å²) in [5.74, 6) is 0. The van der Waals surface area contributed by atoms with Gasteiger partial charge in [-0.25, -0.2) is 9.59 Å². The maximum absolute atomic E-state index is 13.0. The van der Waals surface area contributed by atoms with Gasteiger partial charge < -0.3 is 14.6 Å². The molecule has 0 spiro atoms. The largest absolute Gasteiger partial charge is 0.444 e. The van der Waals surface area contributed by atoms with Crippen molar-refractivity contribution in [2.45, 2.75) is 45.3 Å². The van der Waals surface area contributed by atoms with Gasteiger partial charge in [-0.3, -0.25) is 14.6 Å². The van der Waals surface area contributed by atoms with Crippen LogP contribution in [0.25, 0.3) is 33.1 Å². The Balaban J connectivity index is 1.51. The summed E-state index contributed by atoms with van der Waals surface area (Å²) in [6.45, 7) is 6.67. The van der Waals surface area contributed by atoms with Crippen LogP contribution in [0.2, 0.25) is 0 Å². The first kappa shape index (κ1) is 20.3. The van der Waals surface area contributed by atoms with Crippen LogP contribution in [-0.4, -0.2) is 54.4 Å². The molecule has 0 aliphatic carbocycles. The van der Waals surface area contributed by atoms with E-state index in [1.807, 2.05) is 43.7 Å². The number of hydrogen-bond acceptors (Lipinski definition) is 5. The minimum Gasteiger partial charge on any atom is -0.444 e. The Kier molecular flexibility index (Phi) is 4.76. The molecule has 1 aromatic carbocycles. The number of aromatic nitrogens is 5. The summed E-state index contributed by atoms with van der Waals surface area (Å²) in [5.41, 5.74) is 3.67. The van der Waals surface area contributed by atoms with Crippen molar-refractivity contribution in [1.82, 2.24) is 29.6 Å². The highest BCUT2D eigenvalue weighted by atomic mass is 16.6. The van der Waals surface area contributed by atoms with Crippen molar-refractivity contribution < 1.29 is 9.53 Å². The molecule has 2 N–H and O–H groups in total. The van der Waals surface area contributed by atoms with E-state index in [1.54, 1.807) is 17.3 Å². The standard InChI is InChI=1S/C23H26N6O3/c1-23(2,3)32-22(31)28-8-6-16(7-9-28)29-20-17-10-14(15-11-25-26-12-15)4-5-18(17)24-13-19(20)27-21(29)30/h4-5,10-13,16H,6-9H2,1-3H3,(H,25,26)(H,27,30). The lowest BCUT2D eigenvalue weighted by Gasteiger charge is -2.33. The van der Waals surface area contributed by atoms with Gasteiger partial charge in [0.15, 0.2) is 0 Å². The number of aromatic amines is 2. The molecular weight excluding hydrogens is 408 g/mol. The van der Waals surface area contributed by atoms with Crippen molar-refractivity contribution in [3.05, 3.63) is 47.3 Å². The highest BCUT2D eigenvalue weighted by Gasteiger charge is 2.29. The molecule has 1 amide bonds. The number of benzene rings is 1. The smallest absolute Gasteiger partial charge is 0.410 e. The molecule has 0 atom stereocenters. The Morgan fingerprint density at radius 1 is 1.16 bits per heavy atom. The maximum Gasteiger partial charge on any atom is 0.410 e. The third-order valence-corrected chi connectivity index (χ3v) is 5.85. The number of H-pyrrole nitrogens is 2. The summed E-state index contributed by atoms with van der Waals surface area (Å²) in [7, 11) is 0. The lowest BCUT2D eigenvalue weighted by atomic mass is 10.0. The third kappa shape index (κ3) is 3.63. The van der Waals surface area contributed by atoms with Crippen LogP contribution in [0.3, 0.4) is 0 Å². The molecule has 3 aromatic heterocycles. The van der Waals surface area contributed by atoms with Gasteiger partial charge in [0.1, 0.15) is 5.60 Å². The predicted octanol–water partition coefficient (Wildman–Crippen LogP) is 3.84. The summed E-state index contributed by atoms with van der Waals surface area (Å²) in [5, 5.41) is 7.78. The fourth-order valence-electron chi connectivity index (χ4n) is 4.38. The van der Waals surface area contributed by atoms with E-state index >= 15 is 0 Å². The average Bonchev–Trinajstić information content (AvgIpc) is 3.40. The first-order valence-electron chi connectivity index (χ1n) is 10.8. The summed E-state index contributed by atoms with van der Waals surface area (Å²) < 4.78 is 7.34. The normalized spacial score (nSPS) is 15.5. The van der Waals surface area contributed by atoms with Gasteiger partial charge in [-0.2, -0.15) is 5.10 Å². The zero-order chi connectivity index (χ0) is 22.5. The number of nitrogens with zero attached hydrogens (tertiary/aromatic N) is 4. The van der Waals surface area contributed by atoms with Crippen LogP contribution >= 0.6 is 0 Å². The quantitative estimate of drug-likeness (QED) is 0.498. The number of imidazole rings is 1. The second-order valence-electron chi connectivity index (χ2n) is 9.24. The van der Waals surface area contributed by atoms with E-state index in [4.69, 9.17) is 4.74 Å². The van der Waals surface area contributed by atoms with E-state index in [9.17, 15) is 9.59 Å². The van der Waals surface area contributed by atoms with Crippen molar-refractivity contribution >= 4 is 28.0 Å². The molecule has 5 rings (SSSR count). The van der Waals surface area contributed by atoms with Gasteiger partial charge in [0, 0.05) is 36.3 Å². The Labute approximate surface area is 184 Å². The lowest BCUT2D eigenvalue weighted by Crippen LogP contribution is -2.43. The Bertz CT molecular complexity index is 1340. The summed E-state index contributed by atoms with van der Waals surface area (Å²) in [6.07, 6.45) is 6.37. The second kappa shape index (κ2) is 7.51. The molecule has 0 saturated carbocycles. The fourth-order valence-corrected chi connectivity index (χ4v) is 4.38. The maximum atomic E-state index is 13.0. The molecule has 4 heterocycles. The fraction of sp³-hybridized carbons (Fsp3) is 0.391. The first-order valence-corrected chi connectivity index (χ1v) is 10.8. The molecule has 9 nitrogen and oxygen atoms in total. The molecular formula is C23H26N6O3. The van der Waals surface area contributed by atoms with E-state index in [2.05, 4.69) is 26.2 Å². The average molecular weight is 435 g/mol. The Morgan fingerprint density at radius 2 is 1.94 bits per heavy atom. The molecule has 1 aliphatic heterocycles. The number of nitrogens with one attached hydrogen (secondary N) is 2. The summed E-state index contributed by atoms with van der Waals surface area (Å²) in [4.78, 5) is 34.6. The summed E-state index contributed by atoms with van der Waals surface area (Å²) >= 11 is 0. The van der Waals surface area contributed by atoms with Gasteiger partial charge in [-0.1, -0.05) is 6.07 Å². The number of piperidine rings is 1. The second-order valence-corrected chi connectivity index (χ2v) is 9.24. The Morgan fingerprint density at radius 3 is 2.62 bits per heavy atom. The van der Waals surface area contributed by atoms with Crippen LogP contribution in [-0.2, 0) is 4.74 Å². The number of carbonyl (C=O) groups is 1. The number of fused-ring (bicyclic) bond motifs is 3. The minimum absolute atomic E-state index is 0.0156. The molecule has 4 aromatic rings. The van der Waals surface area contributed by atoms with E-state index in [-0.39, 0.29) is 17.8 Å². The highest BCUT2D eigenvalue weighted by molar-refractivity contribution is 6.03. The zero-order valence-electron chi connectivity index (χ0n) is 18.4. The predicted molar refractivity (Wildman–Crippen MR) is 122 cm³/mol. The molecule has 9 heteroatoms. The molecule has 1 saturated heterocycles. The van der Waals surface area contributed by atoms with Gasteiger partial charge in [-0.05, 0) is 51.3 Å². The Hall–Kier alpha value is -3.62. The number of rotatable bonds is 2. The van der Waals surface area contributed by atoms with Gasteiger partial charge in [-0.15, -0.1) is 0 Å². The highest BCUT2D eigenvalue weighted by Crippen LogP contribution is 2.31. The van der Waals surface area contributed by atoms with Crippen LogP contribution in [0.4, 0.5) is 4.79 Å². The number of ether oxygens (including phenoxy) is 1. The van der Waals surface area contributed by atoms with Gasteiger partial charge in [0.05, 0.1) is 28.9 Å². The van der Waals surface area contributed by atoms with Crippen LogP contribution < -0.4 is 5.69 Å². The SMILES string of the molecule is CC(C)(C)OC(=O)N1CCC(n2c(=O)[nH]c3cnc4ccc(-c5cn[nH]c5)cc4c32)CC1. The number of likely N-dealkylation sites (tertiary alicyclic amines) is 1. The van der Waals surface area contributed by atoms with E-state index < -0.39 is 5.60 Å². The molecule has 1 fully saturated rings. The molecule has 0 bridgehead atoms. The monoisotopic (exact) mass is 434 g/mol. The van der Waals surface area contributed by atoms with Gasteiger partial charge in [0.2, 0.25) is 0 Å². The lowest BCUT2D eigenvalue weighted by molar-refractivity contribution is 0.0189. The van der Waals surface area contributed by atoms with Crippen molar-refractivity contribution in [3.63, 3.8) is 0 Å². The van der Waals surface area contributed by atoms with Gasteiger partial charge >= 0.3 is 11.8 Å². The molecule has 0 unspecified atom stereocenters. The van der Waals surface area contributed by atoms with Crippen LogP contribution in [0, 0.1) is 0 Å². The van der Waals surface area contributed by atoms with Crippen molar-refractivity contribution in [2.24, 2.45) is 0 Å². The number of hydrogen-bond donors (Lipinski definition) is 2. The van der Waals surface area contributed by atoms with E-state index in [1.165, 1.54) is 0 Å².